The van der Waals surface area contributed by atoms with Gasteiger partial charge in [-0.1, -0.05) is 43.3 Å². The summed E-state index contributed by atoms with van der Waals surface area (Å²) in [6, 6.07) is 8.09. The van der Waals surface area contributed by atoms with Crippen LogP contribution in [-0.2, 0) is 4.79 Å². The molecule has 0 amide bonds. The summed E-state index contributed by atoms with van der Waals surface area (Å²) in [5.74, 6) is 0.172. The van der Waals surface area contributed by atoms with Crippen molar-refractivity contribution in [2.45, 2.75) is 32.6 Å². The predicted octanol–water partition coefficient (Wildman–Crippen LogP) is 2.92. The van der Waals surface area contributed by atoms with Gasteiger partial charge in [0.05, 0.1) is 0 Å². The Morgan fingerprint density at radius 1 is 1.38 bits per heavy atom. The van der Waals surface area contributed by atoms with E-state index in [-0.39, 0.29) is 11.7 Å². The lowest BCUT2D eigenvalue weighted by Gasteiger charge is -2.16. The monoisotopic (exact) mass is 217 g/mol. The highest BCUT2D eigenvalue weighted by molar-refractivity contribution is 5.79. The number of hydrogen-bond donors (Lipinski definition) is 1. The number of rotatable bonds is 5. The molecule has 0 aliphatic heterocycles. The SMILES string of the molecule is C=C(N)C(CC(=O)CC)c1ccc(C)cc1. The van der Waals surface area contributed by atoms with E-state index in [1.165, 1.54) is 5.56 Å². The van der Waals surface area contributed by atoms with E-state index < -0.39 is 0 Å². The third kappa shape index (κ3) is 3.23. The number of aryl methyl sites for hydroxylation is 1. The maximum Gasteiger partial charge on any atom is 0.133 e. The third-order valence-electron chi connectivity index (χ3n) is 2.75. The van der Waals surface area contributed by atoms with Crippen molar-refractivity contribution in [3.63, 3.8) is 0 Å². The van der Waals surface area contributed by atoms with Crippen molar-refractivity contribution in [1.82, 2.24) is 0 Å². The van der Waals surface area contributed by atoms with Gasteiger partial charge in [-0.15, -0.1) is 0 Å². The molecule has 0 spiro atoms. The largest absolute Gasteiger partial charge is 0.402 e. The summed E-state index contributed by atoms with van der Waals surface area (Å²) in [4.78, 5) is 11.5. The van der Waals surface area contributed by atoms with Crippen molar-refractivity contribution in [3.8, 4) is 0 Å². The summed E-state index contributed by atoms with van der Waals surface area (Å²) >= 11 is 0. The van der Waals surface area contributed by atoms with E-state index in [0.29, 0.717) is 18.5 Å². The fourth-order valence-corrected chi connectivity index (χ4v) is 1.63. The summed E-state index contributed by atoms with van der Waals surface area (Å²) in [7, 11) is 0. The molecule has 2 heteroatoms. The fraction of sp³-hybridized carbons (Fsp3) is 0.357. The second kappa shape index (κ2) is 5.50. The smallest absolute Gasteiger partial charge is 0.133 e. The van der Waals surface area contributed by atoms with E-state index in [9.17, 15) is 4.79 Å². The number of benzene rings is 1. The van der Waals surface area contributed by atoms with Crippen molar-refractivity contribution >= 4 is 5.78 Å². The molecule has 0 aliphatic rings. The van der Waals surface area contributed by atoms with Gasteiger partial charge in [0, 0.05) is 24.5 Å². The Hall–Kier alpha value is -1.57. The Balaban J connectivity index is 2.89. The van der Waals surface area contributed by atoms with E-state index in [1.54, 1.807) is 0 Å². The topological polar surface area (TPSA) is 43.1 Å². The molecule has 0 radical (unpaired) electrons. The van der Waals surface area contributed by atoms with Crippen LogP contribution >= 0.6 is 0 Å². The minimum Gasteiger partial charge on any atom is -0.402 e. The van der Waals surface area contributed by atoms with E-state index in [0.717, 1.165) is 5.56 Å². The van der Waals surface area contributed by atoms with Gasteiger partial charge in [0.2, 0.25) is 0 Å². The number of hydrogen-bond acceptors (Lipinski definition) is 2. The molecule has 1 aromatic rings. The minimum absolute atomic E-state index is 0.0481. The number of nitrogens with two attached hydrogens (primary N) is 1. The lowest BCUT2D eigenvalue weighted by atomic mass is 9.90. The Kier molecular flexibility index (Phi) is 4.29. The van der Waals surface area contributed by atoms with E-state index in [1.807, 2.05) is 38.1 Å². The van der Waals surface area contributed by atoms with Crippen molar-refractivity contribution in [1.29, 1.82) is 0 Å². The average molecular weight is 217 g/mol. The van der Waals surface area contributed by atoms with Crippen LogP contribution in [0.3, 0.4) is 0 Å². The molecule has 2 nitrogen and oxygen atoms in total. The van der Waals surface area contributed by atoms with Crippen LogP contribution in [0.4, 0.5) is 0 Å². The summed E-state index contributed by atoms with van der Waals surface area (Å²) in [5.41, 5.74) is 8.59. The molecule has 0 saturated heterocycles. The van der Waals surface area contributed by atoms with Crippen LogP contribution in [0, 0.1) is 6.92 Å². The number of ketones is 1. The maximum absolute atomic E-state index is 11.5. The standard InChI is InChI=1S/C14H19NO/c1-4-13(16)9-14(11(3)15)12-7-5-10(2)6-8-12/h5-8,14H,3-4,9,15H2,1-2H3. The van der Waals surface area contributed by atoms with Gasteiger partial charge < -0.3 is 5.73 Å². The lowest BCUT2D eigenvalue weighted by Crippen LogP contribution is -2.13. The average Bonchev–Trinajstić information content (AvgIpc) is 2.26. The normalized spacial score (nSPS) is 12.1. The highest BCUT2D eigenvalue weighted by atomic mass is 16.1. The van der Waals surface area contributed by atoms with Gasteiger partial charge in [0.25, 0.3) is 0 Å². The molecule has 1 rings (SSSR count). The second-order valence-electron chi connectivity index (χ2n) is 4.13. The van der Waals surface area contributed by atoms with Crippen molar-refractivity contribution < 1.29 is 4.79 Å². The van der Waals surface area contributed by atoms with Crippen molar-refractivity contribution in [3.05, 3.63) is 47.7 Å². The molecule has 86 valence electrons. The molecule has 0 aromatic heterocycles. The third-order valence-corrected chi connectivity index (χ3v) is 2.75. The quantitative estimate of drug-likeness (QED) is 0.824. The first-order valence-electron chi connectivity index (χ1n) is 5.57. The van der Waals surface area contributed by atoms with Crippen molar-refractivity contribution in [2.75, 3.05) is 0 Å². The molecule has 0 bridgehead atoms. The summed E-state index contributed by atoms with van der Waals surface area (Å²) in [5, 5.41) is 0. The minimum atomic E-state index is -0.0481. The molecule has 0 heterocycles. The summed E-state index contributed by atoms with van der Waals surface area (Å²) < 4.78 is 0. The first kappa shape index (κ1) is 12.5. The van der Waals surface area contributed by atoms with Crippen LogP contribution in [-0.4, -0.2) is 5.78 Å². The zero-order valence-corrected chi connectivity index (χ0v) is 9.99. The summed E-state index contributed by atoms with van der Waals surface area (Å²) in [6.07, 6.45) is 1.00. The van der Waals surface area contributed by atoms with Gasteiger partial charge >= 0.3 is 0 Å². The van der Waals surface area contributed by atoms with Gasteiger partial charge in [0.1, 0.15) is 5.78 Å². The van der Waals surface area contributed by atoms with Gasteiger partial charge in [-0.05, 0) is 12.5 Å². The maximum atomic E-state index is 11.5. The molecule has 1 aromatic carbocycles. The van der Waals surface area contributed by atoms with Crippen molar-refractivity contribution in [2.24, 2.45) is 5.73 Å². The van der Waals surface area contributed by atoms with E-state index in [4.69, 9.17) is 5.73 Å². The molecule has 0 aliphatic carbocycles. The molecular weight excluding hydrogens is 198 g/mol. The Labute approximate surface area is 97.2 Å². The Morgan fingerprint density at radius 3 is 2.38 bits per heavy atom. The molecule has 2 N–H and O–H groups in total. The number of Topliss-reactive ketones (excluding diaryl/α,β-unsaturated/α-hetero) is 1. The Bertz CT molecular complexity index is 378. The van der Waals surface area contributed by atoms with Crippen LogP contribution in [0.25, 0.3) is 0 Å². The van der Waals surface area contributed by atoms with Crippen LogP contribution in [0.15, 0.2) is 36.5 Å². The molecule has 1 unspecified atom stereocenters. The van der Waals surface area contributed by atoms with Crippen LogP contribution in [0.2, 0.25) is 0 Å². The van der Waals surface area contributed by atoms with Crippen LogP contribution in [0.1, 0.15) is 36.8 Å². The van der Waals surface area contributed by atoms with Crippen LogP contribution < -0.4 is 5.73 Å². The van der Waals surface area contributed by atoms with Gasteiger partial charge in [-0.25, -0.2) is 0 Å². The second-order valence-corrected chi connectivity index (χ2v) is 4.13. The first-order valence-corrected chi connectivity index (χ1v) is 5.57. The molecule has 16 heavy (non-hydrogen) atoms. The summed E-state index contributed by atoms with van der Waals surface area (Å²) in [6.45, 7) is 7.67. The highest BCUT2D eigenvalue weighted by Gasteiger charge is 2.16. The van der Waals surface area contributed by atoms with Crippen LogP contribution in [0.5, 0.6) is 0 Å². The molecule has 1 atom stereocenters. The lowest BCUT2D eigenvalue weighted by molar-refractivity contribution is -0.119. The number of allylic oxidation sites excluding steroid dienone is 1. The number of carbonyl (C=O) groups is 1. The molecular formula is C14H19NO. The van der Waals surface area contributed by atoms with Gasteiger partial charge in [-0.2, -0.15) is 0 Å². The zero-order valence-electron chi connectivity index (χ0n) is 9.99. The highest BCUT2D eigenvalue weighted by Crippen LogP contribution is 2.25. The van der Waals surface area contributed by atoms with E-state index in [2.05, 4.69) is 6.58 Å². The van der Waals surface area contributed by atoms with E-state index >= 15 is 0 Å². The van der Waals surface area contributed by atoms with Gasteiger partial charge in [-0.3, -0.25) is 4.79 Å². The molecule has 0 saturated carbocycles. The van der Waals surface area contributed by atoms with Gasteiger partial charge in [0.15, 0.2) is 0 Å². The Morgan fingerprint density at radius 2 is 1.94 bits per heavy atom. The first-order chi connectivity index (χ1) is 7.54. The predicted molar refractivity (Wildman–Crippen MR) is 67.2 cm³/mol. The molecule has 0 fully saturated rings. The number of carbonyl (C=O) groups excluding carboxylic acids is 1. The fourth-order valence-electron chi connectivity index (χ4n) is 1.63. The zero-order chi connectivity index (χ0) is 12.1.